The van der Waals surface area contributed by atoms with E-state index in [0.717, 1.165) is 27.3 Å². The first-order valence-electron chi connectivity index (χ1n) is 10.8. The Kier molecular flexibility index (Phi) is 8.43. The SMILES string of the molecule is Cc1ccc(C(=O)C(O)c2ccccc2)c(C)c1C.O=[P+](c1ccccc1)c1ccccc1. The fourth-order valence-electron chi connectivity index (χ4n) is 3.43. The van der Waals surface area contributed by atoms with E-state index in [0.29, 0.717) is 11.1 Å². The molecule has 0 aliphatic heterocycles. The van der Waals surface area contributed by atoms with Crippen molar-refractivity contribution in [1.29, 1.82) is 0 Å². The van der Waals surface area contributed by atoms with Crippen LogP contribution >= 0.6 is 7.80 Å². The summed E-state index contributed by atoms with van der Waals surface area (Å²) in [6, 6.07) is 31.8. The van der Waals surface area contributed by atoms with Crippen molar-refractivity contribution in [2.75, 3.05) is 0 Å². The summed E-state index contributed by atoms with van der Waals surface area (Å²) in [5.74, 6) is -0.244. The van der Waals surface area contributed by atoms with Crippen LogP contribution in [0.25, 0.3) is 0 Å². The lowest BCUT2D eigenvalue weighted by molar-refractivity contribution is 0.0746. The molecule has 0 saturated carbocycles. The van der Waals surface area contributed by atoms with E-state index < -0.39 is 13.9 Å². The molecule has 4 rings (SSSR count). The maximum absolute atomic E-state index is 12.4. The minimum Gasteiger partial charge on any atom is -0.380 e. The lowest BCUT2D eigenvalue weighted by Gasteiger charge is -2.14. The molecule has 1 atom stereocenters. The van der Waals surface area contributed by atoms with Crippen LogP contribution in [0.5, 0.6) is 0 Å². The molecule has 0 fully saturated rings. The van der Waals surface area contributed by atoms with Crippen molar-refractivity contribution in [3.8, 4) is 0 Å². The van der Waals surface area contributed by atoms with Crippen LogP contribution in [0.3, 0.4) is 0 Å². The summed E-state index contributed by atoms with van der Waals surface area (Å²) in [7, 11) is -1.42. The lowest BCUT2D eigenvalue weighted by Crippen LogP contribution is -2.14. The topological polar surface area (TPSA) is 54.4 Å². The second-order valence-corrected chi connectivity index (χ2v) is 9.44. The zero-order valence-corrected chi connectivity index (χ0v) is 20.0. The number of hydrogen-bond acceptors (Lipinski definition) is 3. The van der Waals surface area contributed by atoms with Gasteiger partial charge in [-0.1, -0.05) is 83.4 Å². The number of aliphatic hydroxyl groups is 1. The van der Waals surface area contributed by atoms with Crippen molar-refractivity contribution in [1.82, 2.24) is 0 Å². The first kappa shape index (κ1) is 24.3. The van der Waals surface area contributed by atoms with Gasteiger partial charge in [-0.05, 0) is 67.3 Å². The number of ketones is 1. The van der Waals surface area contributed by atoms with Crippen LogP contribution in [-0.4, -0.2) is 10.9 Å². The average Bonchev–Trinajstić information content (AvgIpc) is 2.88. The van der Waals surface area contributed by atoms with Gasteiger partial charge >= 0.3 is 7.80 Å². The van der Waals surface area contributed by atoms with Gasteiger partial charge in [-0.2, -0.15) is 0 Å². The maximum atomic E-state index is 12.4. The first-order valence-corrected chi connectivity index (χ1v) is 12.1. The van der Waals surface area contributed by atoms with Crippen LogP contribution in [0.1, 0.15) is 38.7 Å². The summed E-state index contributed by atoms with van der Waals surface area (Å²) in [6.45, 7) is 5.94. The van der Waals surface area contributed by atoms with Gasteiger partial charge < -0.3 is 5.11 Å². The molecule has 0 spiro atoms. The van der Waals surface area contributed by atoms with Gasteiger partial charge in [0.25, 0.3) is 0 Å². The van der Waals surface area contributed by atoms with Gasteiger partial charge in [0.2, 0.25) is 0 Å². The molecular weight excluding hydrogens is 427 g/mol. The van der Waals surface area contributed by atoms with E-state index in [2.05, 4.69) is 0 Å². The Morgan fingerprint density at radius 1 is 0.667 bits per heavy atom. The molecule has 1 unspecified atom stereocenters. The summed E-state index contributed by atoms with van der Waals surface area (Å²) in [5, 5.41) is 11.9. The van der Waals surface area contributed by atoms with Crippen LogP contribution < -0.4 is 10.6 Å². The van der Waals surface area contributed by atoms with E-state index in [1.165, 1.54) is 0 Å². The molecule has 0 saturated heterocycles. The van der Waals surface area contributed by atoms with Gasteiger partial charge in [0, 0.05) is 5.56 Å². The van der Waals surface area contributed by atoms with Crippen molar-refractivity contribution in [2.24, 2.45) is 0 Å². The third-order valence-electron chi connectivity index (χ3n) is 5.67. The van der Waals surface area contributed by atoms with E-state index in [-0.39, 0.29) is 5.78 Å². The van der Waals surface area contributed by atoms with E-state index >= 15 is 0 Å². The van der Waals surface area contributed by atoms with E-state index in [1.54, 1.807) is 18.2 Å². The Morgan fingerprint density at radius 3 is 1.61 bits per heavy atom. The molecule has 0 aliphatic carbocycles. The van der Waals surface area contributed by atoms with Gasteiger partial charge in [-0.3, -0.25) is 4.79 Å². The van der Waals surface area contributed by atoms with Crippen molar-refractivity contribution in [3.05, 3.63) is 131 Å². The van der Waals surface area contributed by atoms with Crippen molar-refractivity contribution >= 4 is 24.2 Å². The summed E-state index contributed by atoms with van der Waals surface area (Å²) in [5.41, 5.74) is 4.43. The summed E-state index contributed by atoms with van der Waals surface area (Å²) < 4.78 is 12.0. The van der Waals surface area contributed by atoms with E-state index in [4.69, 9.17) is 0 Å². The third kappa shape index (κ3) is 6.10. The maximum Gasteiger partial charge on any atom is 0.415 e. The summed E-state index contributed by atoms with van der Waals surface area (Å²) in [4.78, 5) is 12.4. The summed E-state index contributed by atoms with van der Waals surface area (Å²) >= 11 is 0. The first-order chi connectivity index (χ1) is 15.9. The largest absolute Gasteiger partial charge is 0.415 e. The zero-order valence-electron chi connectivity index (χ0n) is 19.1. The molecule has 4 aromatic carbocycles. The molecule has 1 N–H and O–H groups in total. The second-order valence-electron chi connectivity index (χ2n) is 7.82. The molecule has 0 bridgehead atoms. The highest BCUT2D eigenvalue weighted by atomic mass is 31.1. The number of aryl methyl sites for hydroxylation is 1. The Balaban J connectivity index is 0.000000194. The Labute approximate surface area is 196 Å². The number of aliphatic hydroxyl groups excluding tert-OH is 1. The normalized spacial score (nSPS) is 11.2. The molecule has 4 heteroatoms. The molecule has 0 amide bonds. The number of rotatable bonds is 5. The van der Waals surface area contributed by atoms with Crippen molar-refractivity contribution < 1.29 is 14.5 Å². The average molecular weight is 456 g/mol. The van der Waals surface area contributed by atoms with Gasteiger partial charge in [0.1, 0.15) is 6.10 Å². The zero-order chi connectivity index (χ0) is 23.8. The number of hydrogen-bond donors (Lipinski definition) is 1. The third-order valence-corrected chi connectivity index (χ3v) is 7.20. The quantitative estimate of drug-likeness (QED) is 0.297. The summed E-state index contributed by atoms with van der Waals surface area (Å²) in [6.07, 6.45) is -1.10. The number of benzene rings is 4. The predicted octanol–water partition coefficient (Wildman–Crippen LogP) is 5.99. The Bertz CT molecular complexity index is 1180. The lowest BCUT2D eigenvalue weighted by atomic mass is 9.92. The van der Waals surface area contributed by atoms with Crippen LogP contribution in [0, 0.1) is 20.8 Å². The highest BCUT2D eigenvalue weighted by Gasteiger charge is 2.22. The standard InChI is InChI=1S/C17H18O2.C12H10OP/c1-11-9-10-15(13(3)12(11)2)17(19)16(18)14-7-5-4-6-8-14;13-14(11-7-3-1-4-8-11)12-9-5-2-6-10-12/h4-10,16,18H,1-3H3;1-10H/q;+1. The van der Waals surface area contributed by atoms with Crippen LogP contribution in [0.2, 0.25) is 0 Å². The fraction of sp³-hybridized carbons (Fsp3) is 0.138. The van der Waals surface area contributed by atoms with Gasteiger partial charge in [-0.25, -0.2) is 0 Å². The Morgan fingerprint density at radius 2 is 1.12 bits per heavy atom. The number of carbonyl (C=O) groups is 1. The van der Waals surface area contributed by atoms with Gasteiger partial charge in [-0.15, -0.1) is 0 Å². The molecule has 33 heavy (non-hydrogen) atoms. The minimum absolute atomic E-state index is 0.244. The molecule has 0 radical (unpaired) electrons. The molecular formula is C29H28O3P+. The number of carbonyl (C=O) groups excluding carboxylic acids is 1. The van der Waals surface area contributed by atoms with Crippen LogP contribution in [0.15, 0.2) is 103 Å². The molecule has 4 aromatic rings. The molecule has 0 heterocycles. The van der Waals surface area contributed by atoms with E-state index in [1.807, 2.05) is 106 Å². The van der Waals surface area contributed by atoms with E-state index in [9.17, 15) is 14.5 Å². The van der Waals surface area contributed by atoms with Crippen molar-refractivity contribution in [2.45, 2.75) is 26.9 Å². The van der Waals surface area contributed by atoms with Gasteiger partial charge in [0.15, 0.2) is 16.4 Å². The molecule has 0 aliphatic rings. The molecule has 0 aromatic heterocycles. The monoisotopic (exact) mass is 455 g/mol. The number of Topliss-reactive ketones (excluding diaryl/α,β-unsaturated/α-hetero) is 1. The highest BCUT2D eigenvalue weighted by molar-refractivity contribution is 7.61. The predicted molar refractivity (Wildman–Crippen MR) is 136 cm³/mol. The highest BCUT2D eigenvalue weighted by Crippen LogP contribution is 2.23. The minimum atomic E-state index is -1.42. The fourth-order valence-corrected chi connectivity index (χ4v) is 4.62. The second kappa shape index (κ2) is 11.5. The van der Waals surface area contributed by atoms with Gasteiger partial charge in [0.05, 0.1) is 0 Å². The van der Waals surface area contributed by atoms with Crippen LogP contribution in [-0.2, 0) is 4.57 Å². The van der Waals surface area contributed by atoms with Crippen LogP contribution in [0.4, 0.5) is 0 Å². The molecule has 3 nitrogen and oxygen atoms in total. The smallest absolute Gasteiger partial charge is 0.380 e. The molecule has 166 valence electrons. The van der Waals surface area contributed by atoms with Crippen molar-refractivity contribution in [3.63, 3.8) is 0 Å². The Hall–Kier alpha value is -3.39.